The minimum Gasteiger partial charge on any atom is -0.492 e. The smallest absolute Gasteiger partial charge is 0.232 e. The number of likely N-dealkylation sites (tertiary alicyclic amines) is 1. The van der Waals surface area contributed by atoms with Crippen LogP contribution in [-0.4, -0.2) is 46.3 Å². The molecule has 2 aliphatic rings. The second kappa shape index (κ2) is 6.65. The first-order valence-electron chi connectivity index (χ1n) is 9.59. The Labute approximate surface area is 154 Å². The maximum absolute atomic E-state index is 6.26. The van der Waals surface area contributed by atoms with Gasteiger partial charge in [0.05, 0.1) is 0 Å². The number of likely N-dealkylation sites (N-methyl/N-ethyl adjacent to an activating group) is 1. The van der Waals surface area contributed by atoms with Gasteiger partial charge in [0.1, 0.15) is 18.1 Å². The molecule has 26 heavy (non-hydrogen) atoms. The zero-order valence-corrected chi connectivity index (χ0v) is 16.2. The van der Waals surface area contributed by atoms with E-state index in [2.05, 4.69) is 47.8 Å². The largest absolute Gasteiger partial charge is 0.492 e. The van der Waals surface area contributed by atoms with Crippen molar-refractivity contribution in [3.05, 3.63) is 23.7 Å². The van der Waals surface area contributed by atoms with Crippen molar-refractivity contribution in [2.24, 2.45) is 0 Å². The van der Waals surface area contributed by atoms with E-state index in [1.165, 1.54) is 31.2 Å². The zero-order chi connectivity index (χ0) is 18.3. The van der Waals surface area contributed by atoms with E-state index in [4.69, 9.17) is 9.26 Å². The summed E-state index contributed by atoms with van der Waals surface area (Å²) in [4.78, 5) is 11.5. The van der Waals surface area contributed by atoms with Crippen LogP contribution >= 0.6 is 0 Å². The molecule has 6 heteroatoms. The molecular formula is C20H28N4O2. The third kappa shape index (κ3) is 3.61. The lowest BCUT2D eigenvalue weighted by molar-refractivity contribution is 0.197. The summed E-state index contributed by atoms with van der Waals surface area (Å²) in [6.07, 6.45) is 6.83. The molecule has 2 aromatic heterocycles. The summed E-state index contributed by atoms with van der Waals surface area (Å²) in [6.45, 7) is 8.05. The zero-order valence-electron chi connectivity index (χ0n) is 16.2. The van der Waals surface area contributed by atoms with E-state index in [1.807, 2.05) is 12.3 Å². The lowest BCUT2D eigenvalue weighted by Crippen LogP contribution is -2.30. The molecule has 6 nitrogen and oxygen atoms in total. The monoisotopic (exact) mass is 356 g/mol. The van der Waals surface area contributed by atoms with Gasteiger partial charge in [-0.15, -0.1) is 0 Å². The van der Waals surface area contributed by atoms with Crippen LogP contribution in [0.5, 0.6) is 5.75 Å². The summed E-state index contributed by atoms with van der Waals surface area (Å²) >= 11 is 0. The van der Waals surface area contributed by atoms with Gasteiger partial charge in [0, 0.05) is 29.3 Å². The molecule has 3 heterocycles. The maximum atomic E-state index is 6.26. The number of hydrogen-bond donors (Lipinski definition) is 0. The molecule has 4 rings (SSSR count). The Morgan fingerprint density at radius 2 is 2.08 bits per heavy atom. The summed E-state index contributed by atoms with van der Waals surface area (Å²) in [5.74, 6) is 2.67. The highest BCUT2D eigenvalue weighted by molar-refractivity contribution is 5.54. The number of ether oxygens (including phenoxy) is 1. The summed E-state index contributed by atoms with van der Waals surface area (Å²) in [5, 5.41) is 4.12. The molecule has 1 unspecified atom stereocenters. The average Bonchev–Trinajstić information content (AvgIpc) is 3.15. The molecule has 1 aliphatic carbocycles. The summed E-state index contributed by atoms with van der Waals surface area (Å²) in [7, 11) is 2.17. The van der Waals surface area contributed by atoms with Gasteiger partial charge in [0.25, 0.3) is 0 Å². The van der Waals surface area contributed by atoms with Crippen LogP contribution < -0.4 is 4.74 Å². The van der Waals surface area contributed by atoms with E-state index >= 15 is 0 Å². The van der Waals surface area contributed by atoms with Crippen LogP contribution in [-0.2, 0) is 5.41 Å². The Morgan fingerprint density at radius 1 is 1.27 bits per heavy atom. The molecule has 0 amide bonds. The normalized spacial score (nSPS) is 21.3. The van der Waals surface area contributed by atoms with Gasteiger partial charge in [-0.25, -0.2) is 0 Å². The SMILES string of the molecule is CN1CCCC1COc1cc(-c2noc(C(C)(C)C)n2)ncc1C1CC1. The van der Waals surface area contributed by atoms with Crippen molar-refractivity contribution < 1.29 is 9.26 Å². The van der Waals surface area contributed by atoms with E-state index in [9.17, 15) is 0 Å². The quantitative estimate of drug-likeness (QED) is 0.812. The van der Waals surface area contributed by atoms with Crippen LogP contribution in [0, 0.1) is 0 Å². The standard InChI is InChI=1S/C20H28N4O2/c1-20(2,3)19-22-18(23-26-19)16-10-17(15(11-21-16)13-7-8-13)25-12-14-6-5-9-24(14)4/h10-11,13-14H,5-9,12H2,1-4H3. The third-order valence-corrected chi connectivity index (χ3v) is 5.31. The number of aromatic nitrogens is 3. The number of rotatable bonds is 5. The van der Waals surface area contributed by atoms with E-state index in [0.29, 0.717) is 29.4 Å². The van der Waals surface area contributed by atoms with Crippen LogP contribution in [0.3, 0.4) is 0 Å². The molecule has 2 aromatic rings. The molecule has 0 aromatic carbocycles. The highest BCUT2D eigenvalue weighted by atomic mass is 16.5. The van der Waals surface area contributed by atoms with Gasteiger partial charge in [0.15, 0.2) is 0 Å². The minimum absolute atomic E-state index is 0.175. The lowest BCUT2D eigenvalue weighted by Gasteiger charge is -2.20. The third-order valence-electron chi connectivity index (χ3n) is 5.31. The Bertz CT molecular complexity index is 776. The molecule has 1 saturated carbocycles. The highest BCUT2D eigenvalue weighted by Crippen LogP contribution is 2.44. The molecule has 0 radical (unpaired) electrons. The Kier molecular flexibility index (Phi) is 4.47. The fourth-order valence-corrected chi connectivity index (χ4v) is 3.40. The number of hydrogen-bond acceptors (Lipinski definition) is 6. The van der Waals surface area contributed by atoms with E-state index < -0.39 is 0 Å². The molecule has 2 fully saturated rings. The summed E-state index contributed by atoms with van der Waals surface area (Å²) < 4.78 is 11.7. The first-order valence-corrected chi connectivity index (χ1v) is 9.59. The van der Waals surface area contributed by atoms with E-state index in [-0.39, 0.29) is 5.41 Å². The van der Waals surface area contributed by atoms with Crippen molar-refractivity contribution in [2.45, 2.75) is 63.8 Å². The molecule has 0 spiro atoms. The molecule has 0 bridgehead atoms. The predicted octanol–water partition coefficient (Wildman–Crippen LogP) is 3.78. The fraction of sp³-hybridized carbons (Fsp3) is 0.650. The van der Waals surface area contributed by atoms with Crippen molar-refractivity contribution >= 4 is 0 Å². The second-order valence-corrected chi connectivity index (χ2v) is 8.64. The topological polar surface area (TPSA) is 64.3 Å². The van der Waals surface area contributed by atoms with Crippen molar-refractivity contribution in [1.29, 1.82) is 0 Å². The van der Waals surface area contributed by atoms with Gasteiger partial charge < -0.3 is 14.2 Å². The van der Waals surface area contributed by atoms with Crippen LogP contribution in [0.1, 0.15) is 63.8 Å². The van der Waals surface area contributed by atoms with Gasteiger partial charge >= 0.3 is 0 Å². The average molecular weight is 356 g/mol. The van der Waals surface area contributed by atoms with Gasteiger partial charge in [-0.05, 0) is 45.2 Å². The molecule has 1 aliphatic heterocycles. The van der Waals surface area contributed by atoms with Crippen molar-refractivity contribution in [3.63, 3.8) is 0 Å². The fourth-order valence-electron chi connectivity index (χ4n) is 3.40. The van der Waals surface area contributed by atoms with Crippen LogP contribution in [0.15, 0.2) is 16.8 Å². The van der Waals surface area contributed by atoms with Crippen LogP contribution in [0.4, 0.5) is 0 Å². The molecule has 140 valence electrons. The highest BCUT2D eigenvalue weighted by Gasteiger charge is 2.29. The number of nitrogens with zero attached hydrogens (tertiary/aromatic N) is 4. The number of pyridine rings is 1. The van der Waals surface area contributed by atoms with Crippen molar-refractivity contribution in [2.75, 3.05) is 20.2 Å². The molecule has 1 atom stereocenters. The Hall–Kier alpha value is -1.95. The summed E-state index contributed by atoms with van der Waals surface area (Å²) in [6, 6.07) is 2.48. The summed E-state index contributed by atoms with van der Waals surface area (Å²) in [5.41, 5.74) is 1.75. The van der Waals surface area contributed by atoms with Crippen LogP contribution in [0.2, 0.25) is 0 Å². The van der Waals surface area contributed by atoms with Crippen molar-refractivity contribution in [1.82, 2.24) is 20.0 Å². The van der Waals surface area contributed by atoms with Gasteiger partial charge in [-0.2, -0.15) is 4.98 Å². The second-order valence-electron chi connectivity index (χ2n) is 8.64. The van der Waals surface area contributed by atoms with E-state index in [1.54, 1.807) is 0 Å². The van der Waals surface area contributed by atoms with Gasteiger partial charge in [0.2, 0.25) is 11.7 Å². The van der Waals surface area contributed by atoms with Gasteiger partial charge in [-0.1, -0.05) is 25.9 Å². The molecule has 0 N–H and O–H groups in total. The van der Waals surface area contributed by atoms with Crippen molar-refractivity contribution in [3.8, 4) is 17.3 Å². The predicted molar refractivity (Wildman–Crippen MR) is 99.4 cm³/mol. The van der Waals surface area contributed by atoms with Gasteiger partial charge in [-0.3, -0.25) is 4.98 Å². The molecular weight excluding hydrogens is 328 g/mol. The maximum Gasteiger partial charge on any atom is 0.232 e. The minimum atomic E-state index is -0.175. The first-order chi connectivity index (χ1) is 12.4. The lowest BCUT2D eigenvalue weighted by atomic mass is 9.97. The Morgan fingerprint density at radius 3 is 2.69 bits per heavy atom. The van der Waals surface area contributed by atoms with Crippen LogP contribution in [0.25, 0.3) is 11.5 Å². The first kappa shape index (κ1) is 17.5. The van der Waals surface area contributed by atoms with E-state index in [0.717, 1.165) is 18.9 Å². The Balaban J connectivity index is 1.57. The molecule has 1 saturated heterocycles.